The number of hydrogen-bond acceptors (Lipinski definition) is 4. The summed E-state index contributed by atoms with van der Waals surface area (Å²) in [7, 11) is 1.56. The lowest BCUT2D eigenvalue weighted by Gasteiger charge is -2.12. The number of methoxy groups -OCH3 is 1. The number of nitrogens with zero attached hydrogens (tertiary/aromatic N) is 4. The molecule has 0 aliphatic rings. The summed E-state index contributed by atoms with van der Waals surface area (Å²) in [6.45, 7) is 2.09. The molecule has 5 nitrogen and oxygen atoms in total. The summed E-state index contributed by atoms with van der Waals surface area (Å²) in [5, 5.41) is 8.43. The van der Waals surface area contributed by atoms with Crippen molar-refractivity contribution in [3.8, 4) is 16.9 Å². The Hall–Kier alpha value is -3.28. The van der Waals surface area contributed by atoms with E-state index in [0.717, 1.165) is 34.6 Å². The van der Waals surface area contributed by atoms with Gasteiger partial charge in [0.15, 0.2) is 5.65 Å². The zero-order valence-corrected chi connectivity index (χ0v) is 15.9. The Morgan fingerprint density at radius 2 is 1.93 bits per heavy atom. The molecule has 6 heteroatoms. The molecule has 3 heterocycles. The van der Waals surface area contributed by atoms with Crippen LogP contribution in [0.5, 0.6) is 5.75 Å². The highest BCUT2D eigenvalue weighted by Crippen LogP contribution is 2.28. The lowest BCUT2D eigenvalue weighted by molar-refractivity contribution is 0.404. The van der Waals surface area contributed by atoms with Crippen LogP contribution in [0.2, 0.25) is 0 Å². The first-order valence-corrected chi connectivity index (χ1v) is 9.30. The highest BCUT2D eigenvalue weighted by Gasteiger charge is 2.14. The third-order valence-electron chi connectivity index (χ3n) is 4.98. The van der Waals surface area contributed by atoms with Gasteiger partial charge in [0.2, 0.25) is 0 Å². The number of pyridine rings is 2. The average Bonchev–Trinajstić information content (AvgIpc) is 3.22. The van der Waals surface area contributed by atoms with Gasteiger partial charge >= 0.3 is 0 Å². The third-order valence-corrected chi connectivity index (χ3v) is 4.98. The summed E-state index contributed by atoms with van der Waals surface area (Å²) in [6, 6.07) is 13.0. The molecule has 0 amide bonds. The highest BCUT2D eigenvalue weighted by molar-refractivity contribution is 5.78. The molecule has 3 aromatic heterocycles. The molecular formula is C22H21FN4O. The molecule has 142 valence electrons. The number of benzene rings is 1. The van der Waals surface area contributed by atoms with E-state index in [1.807, 2.05) is 22.6 Å². The van der Waals surface area contributed by atoms with Gasteiger partial charge in [-0.2, -0.15) is 0 Å². The number of hydrogen-bond donors (Lipinski definition) is 0. The molecule has 0 aliphatic heterocycles. The van der Waals surface area contributed by atoms with Crippen molar-refractivity contribution in [2.75, 3.05) is 7.11 Å². The van der Waals surface area contributed by atoms with Crippen LogP contribution < -0.4 is 4.74 Å². The van der Waals surface area contributed by atoms with Crippen LogP contribution in [0.25, 0.3) is 16.8 Å². The molecule has 1 aromatic carbocycles. The number of rotatable bonds is 6. The number of fused-ring (bicyclic) bond motifs is 1. The topological polar surface area (TPSA) is 52.3 Å². The Morgan fingerprint density at radius 3 is 2.75 bits per heavy atom. The number of aryl methyl sites for hydroxylation is 2. The molecule has 0 aliphatic carbocycles. The quantitative estimate of drug-likeness (QED) is 0.504. The zero-order valence-electron chi connectivity index (χ0n) is 15.9. The van der Waals surface area contributed by atoms with Gasteiger partial charge in [-0.05, 0) is 49.6 Å². The summed E-state index contributed by atoms with van der Waals surface area (Å²) in [6.07, 6.45) is 5.51. The number of ether oxygens (including phenoxy) is 1. The minimum atomic E-state index is -0.251. The van der Waals surface area contributed by atoms with Gasteiger partial charge in [0, 0.05) is 34.3 Å². The van der Waals surface area contributed by atoms with E-state index in [1.165, 1.54) is 6.07 Å². The van der Waals surface area contributed by atoms with Crippen molar-refractivity contribution in [1.29, 1.82) is 0 Å². The molecule has 28 heavy (non-hydrogen) atoms. The molecule has 4 aromatic rings. The summed E-state index contributed by atoms with van der Waals surface area (Å²) in [5.74, 6) is 0.318. The Morgan fingerprint density at radius 1 is 1.04 bits per heavy atom. The largest absolute Gasteiger partial charge is 0.496 e. The average molecular weight is 376 g/mol. The summed E-state index contributed by atoms with van der Waals surface area (Å²) < 4.78 is 21.5. The molecule has 0 unspecified atom stereocenters. The summed E-state index contributed by atoms with van der Waals surface area (Å²) in [5.41, 5.74) is 5.45. The van der Waals surface area contributed by atoms with E-state index in [9.17, 15) is 4.39 Å². The SMILES string of the molecule is CCc1ncccc1-c1ccc(CCc2c(F)cccc2OC)n2cnnc12. The lowest BCUT2D eigenvalue weighted by atomic mass is 10.0. The van der Waals surface area contributed by atoms with Crippen LogP contribution in [-0.2, 0) is 19.3 Å². The Kier molecular flexibility index (Phi) is 5.02. The fraction of sp³-hybridized carbons (Fsp3) is 0.227. The van der Waals surface area contributed by atoms with E-state index in [2.05, 4.69) is 28.2 Å². The van der Waals surface area contributed by atoms with E-state index in [0.29, 0.717) is 24.2 Å². The lowest BCUT2D eigenvalue weighted by Crippen LogP contribution is -2.03. The zero-order chi connectivity index (χ0) is 19.5. The maximum Gasteiger partial charge on any atom is 0.168 e. The first-order chi connectivity index (χ1) is 13.7. The second kappa shape index (κ2) is 7.76. The van der Waals surface area contributed by atoms with Gasteiger partial charge in [-0.25, -0.2) is 4.39 Å². The van der Waals surface area contributed by atoms with Crippen LogP contribution in [0, 0.1) is 5.82 Å². The maximum absolute atomic E-state index is 14.2. The smallest absolute Gasteiger partial charge is 0.168 e. The van der Waals surface area contributed by atoms with E-state index in [1.54, 1.807) is 31.8 Å². The van der Waals surface area contributed by atoms with Crippen molar-refractivity contribution >= 4 is 5.65 Å². The first-order valence-electron chi connectivity index (χ1n) is 9.30. The molecule has 0 bridgehead atoms. The molecule has 0 saturated heterocycles. The molecule has 0 spiro atoms. The molecule has 0 saturated carbocycles. The Balaban J connectivity index is 1.71. The van der Waals surface area contributed by atoms with Gasteiger partial charge in [-0.15, -0.1) is 10.2 Å². The van der Waals surface area contributed by atoms with E-state index in [4.69, 9.17) is 4.74 Å². The van der Waals surface area contributed by atoms with Crippen LogP contribution in [0.4, 0.5) is 4.39 Å². The second-order valence-electron chi connectivity index (χ2n) is 6.53. The fourth-order valence-corrected chi connectivity index (χ4v) is 3.57. The monoisotopic (exact) mass is 376 g/mol. The Labute approximate surface area is 162 Å². The van der Waals surface area contributed by atoms with Crippen molar-refractivity contribution in [3.63, 3.8) is 0 Å². The third kappa shape index (κ3) is 3.22. The standard InChI is InChI=1S/C22H21FN4O/c1-3-20-16(6-5-13-24-20)17-11-9-15(27-14-25-26-22(17)27)10-12-18-19(23)7-4-8-21(18)28-2/h4-9,11,13-14H,3,10,12H2,1-2H3. The van der Waals surface area contributed by atoms with Gasteiger partial charge in [-0.1, -0.05) is 19.1 Å². The van der Waals surface area contributed by atoms with Gasteiger partial charge < -0.3 is 4.74 Å². The van der Waals surface area contributed by atoms with Crippen molar-refractivity contribution in [2.24, 2.45) is 0 Å². The normalized spacial score (nSPS) is 11.1. The van der Waals surface area contributed by atoms with Crippen molar-refractivity contribution < 1.29 is 9.13 Å². The molecule has 0 N–H and O–H groups in total. The number of halogens is 1. The second-order valence-corrected chi connectivity index (χ2v) is 6.53. The van der Waals surface area contributed by atoms with E-state index < -0.39 is 0 Å². The first kappa shape index (κ1) is 18.1. The van der Waals surface area contributed by atoms with Crippen molar-refractivity contribution in [3.05, 3.63) is 77.8 Å². The highest BCUT2D eigenvalue weighted by atomic mass is 19.1. The molecule has 0 radical (unpaired) electrons. The van der Waals surface area contributed by atoms with Crippen LogP contribution in [0.1, 0.15) is 23.9 Å². The van der Waals surface area contributed by atoms with Crippen molar-refractivity contribution in [2.45, 2.75) is 26.2 Å². The fourth-order valence-electron chi connectivity index (χ4n) is 3.57. The molecule has 0 fully saturated rings. The van der Waals surface area contributed by atoms with Crippen LogP contribution in [0.15, 0.2) is 55.0 Å². The van der Waals surface area contributed by atoms with Crippen LogP contribution in [-0.4, -0.2) is 26.7 Å². The van der Waals surface area contributed by atoms with Crippen LogP contribution >= 0.6 is 0 Å². The van der Waals surface area contributed by atoms with E-state index in [-0.39, 0.29) is 5.82 Å². The van der Waals surface area contributed by atoms with Gasteiger partial charge in [0.25, 0.3) is 0 Å². The van der Waals surface area contributed by atoms with Gasteiger partial charge in [0.05, 0.1) is 7.11 Å². The van der Waals surface area contributed by atoms with Gasteiger partial charge in [-0.3, -0.25) is 9.38 Å². The van der Waals surface area contributed by atoms with E-state index >= 15 is 0 Å². The maximum atomic E-state index is 14.2. The summed E-state index contributed by atoms with van der Waals surface area (Å²) in [4.78, 5) is 4.48. The number of aromatic nitrogens is 4. The molecule has 4 rings (SSSR count). The van der Waals surface area contributed by atoms with Gasteiger partial charge in [0.1, 0.15) is 17.9 Å². The molecule has 0 atom stereocenters. The van der Waals surface area contributed by atoms with Crippen LogP contribution in [0.3, 0.4) is 0 Å². The summed E-state index contributed by atoms with van der Waals surface area (Å²) >= 11 is 0. The minimum absolute atomic E-state index is 0.251. The minimum Gasteiger partial charge on any atom is -0.496 e. The van der Waals surface area contributed by atoms with Crippen molar-refractivity contribution in [1.82, 2.24) is 19.6 Å². The Bertz CT molecular complexity index is 1120. The predicted octanol–water partition coefficient (Wildman–Crippen LogP) is 4.29. The molecular weight excluding hydrogens is 355 g/mol. The predicted molar refractivity (Wildman–Crippen MR) is 106 cm³/mol.